The number of para-hydroxylation sites is 1. The van der Waals surface area contributed by atoms with Crippen LogP contribution in [0.25, 0.3) is 0 Å². The second kappa shape index (κ2) is 10.4. The normalized spacial score (nSPS) is 24.7. The molecule has 13 heteroatoms. The summed E-state index contributed by atoms with van der Waals surface area (Å²) in [5.74, 6) is -7.45. The van der Waals surface area contributed by atoms with E-state index in [0.29, 0.717) is 16.9 Å². The number of phenolic OH excluding ortho intramolecular Hbond substituents is 1. The summed E-state index contributed by atoms with van der Waals surface area (Å²) >= 11 is 0. The maximum atomic E-state index is 14.1. The number of fused-ring (bicyclic) bond motifs is 3. The minimum Gasteiger partial charge on any atom is -0.510 e. The average molecular weight is 592 g/mol. The molecule has 0 radical (unpaired) electrons. The van der Waals surface area contributed by atoms with Crippen LogP contribution in [-0.2, 0) is 16.0 Å². The number of Topliss-reactive ketones (excluding diaryl/α,β-unsaturated/α-hetero) is 2. The Morgan fingerprint density at radius 3 is 2.26 bits per heavy atom. The zero-order valence-electron chi connectivity index (χ0n) is 24.0. The van der Waals surface area contributed by atoms with Crippen molar-refractivity contribution in [1.29, 1.82) is 0 Å². The Balaban J connectivity index is 1.63. The molecule has 0 fully saturated rings. The minimum atomic E-state index is -2.74. The van der Waals surface area contributed by atoms with Gasteiger partial charge < -0.3 is 41.7 Å². The molecular weight excluding hydrogens is 558 g/mol. The topological polar surface area (TPSA) is 206 Å². The molecule has 2 aromatic rings. The molecule has 0 aliphatic heterocycles. The molecule has 2 aromatic carbocycles. The van der Waals surface area contributed by atoms with E-state index < -0.39 is 69.8 Å². The van der Waals surface area contributed by atoms with Crippen molar-refractivity contribution in [3.63, 3.8) is 0 Å². The number of hydrogen-bond acceptors (Lipinski definition) is 10. The Morgan fingerprint density at radius 1 is 1.02 bits per heavy atom. The Labute approximate surface area is 246 Å². The number of likely N-dealkylation sites (N-methyl/N-ethyl adjacent to an activating group) is 1. The Hall–Kier alpha value is -4.88. The fourth-order valence-electron chi connectivity index (χ4n) is 6.60. The van der Waals surface area contributed by atoms with Crippen LogP contribution in [0.1, 0.15) is 22.3 Å². The number of nitrogens with zero attached hydrogens (tertiary/aromatic N) is 2. The molecule has 0 heterocycles. The van der Waals surface area contributed by atoms with E-state index >= 15 is 0 Å². The van der Waals surface area contributed by atoms with Gasteiger partial charge in [0.15, 0.2) is 17.1 Å². The van der Waals surface area contributed by atoms with Crippen molar-refractivity contribution in [3.05, 3.63) is 70.2 Å². The number of carbonyl (C=O) groups is 4. The first-order valence-corrected chi connectivity index (χ1v) is 13.5. The molecule has 3 aliphatic carbocycles. The lowest BCUT2D eigenvalue weighted by Crippen LogP contribution is -2.63. The predicted molar refractivity (Wildman–Crippen MR) is 157 cm³/mol. The number of rotatable bonds is 5. The maximum absolute atomic E-state index is 14.1. The number of allylic oxidation sites excluding steroid dienone is 1. The molecule has 0 saturated heterocycles. The molecule has 43 heavy (non-hydrogen) atoms. The molecule has 0 bridgehead atoms. The van der Waals surface area contributed by atoms with Crippen molar-refractivity contribution in [3.8, 4) is 5.75 Å². The van der Waals surface area contributed by atoms with Crippen LogP contribution in [0, 0.1) is 11.8 Å². The van der Waals surface area contributed by atoms with Gasteiger partial charge in [0.25, 0.3) is 5.91 Å². The third kappa shape index (κ3) is 4.48. The van der Waals surface area contributed by atoms with Crippen molar-refractivity contribution < 1.29 is 39.6 Å². The van der Waals surface area contributed by atoms with Gasteiger partial charge in [-0.15, -0.1) is 0 Å². The van der Waals surface area contributed by atoms with Crippen LogP contribution in [0.4, 0.5) is 21.9 Å². The highest BCUT2D eigenvalue weighted by atomic mass is 16.3. The molecule has 8 N–H and O–H groups in total. The van der Waals surface area contributed by atoms with Crippen molar-refractivity contribution >= 4 is 40.6 Å². The summed E-state index contributed by atoms with van der Waals surface area (Å²) in [7, 11) is 6.59. The van der Waals surface area contributed by atoms with Crippen LogP contribution in [0.2, 0.25) is 0 Å². The number of ketones is 2. The fourth-order valence-corrected chi connectivity index (χ4v) is 6.60. The monoisotopic (exact) mass is 591 g/mol. The first kappa shape index (κ1) is 29.6. The molecule has 3 amide bonds. The van der Waals surface area contributed by atoms with Gasteiger partial charge in [0.1, 0.15) is 17.1 Å². The zero-order chi connectivity index (χ0) is 31.5. The second-order valence-corrected chi connectivity index (χ2v) is 11.4. The SMILES string of the molecule is CN(C)c1cc(NC(=O)Nc2ccccc2)c(O)c2c1C[C@@H]1C[C@@H]3C(N(C)C)C(O)=C(C(N)=O)C(=O)[C@]3(O)C(O)=C1C2=O. The highest BCUT2D eigenvalue weighted by Crippen LogP contribution is 2.53. The maximum Gasteiger partial charge on any atom is 0.323 e. The number of hydrogen-bond donors (Lipinski definition) is 7. The zero-order valence-corrected chi connectivity index (χ0v) is 24.0. The molecule has 0 saturated carbocycles. The molecule has 1 unspecified atom stereocenters. The Morgan fingerprint density at radius 2 is 1.67 bits per heavy atom. The molecule has 13 nitrogen and oxygen atoms in total. The number of benzene rings is 2. The van der Waals surface area contributed by atoms with Gasteiger partial charge in [0.05, 0.1) is 17.3 Å². The Bertz CT molecular complexity index is 1630. The number of anilines is 3. The van der Waals surface area contributed by atoms with E-state index in [1.54, 1.807) is 63.4 Å². The minimum absolute atomic E-state index is 0.0289. The lowest BCUT2D eigenvalue weighted by Gasteiger charge is -2.50. The van der Waals surface area contributed by atoms with Gasteiger partial charge in [0.2, 0.25) is 5.78 Å². The van der Waals surface area contributed by atoms with Gasteiger partial charge in [-0.1, -0.05) is 18.2 Å². The molecule has 3 aliphatic rings. The lowest BCUT2D eigenvalue weighted by molar-refractivity contribution is -0.148. The number of aliphatic hydroxyl groups excluding tert-OH is 2. The highest BCUT2D eigenvalue weighted by Gasteiger charge is 2.63. The van der Waals surface area contributed by atoms with E-state index in [4.69, 9.17) is 5.73 Å². The van der Waals surface area contributed by atoms with E-state index in [9.17, 15) is 39.6 Å². The van der Waals surface area contributed by atoms with Gasteiger partial charge in [-0.2, -0.15) is 0 Å². The van der Waals surface area contributed by atoms with E-state index in [-0.39, 0.29) is 29.7 Å². The van der Waals surface area contributed by atoms with Crippen molar-refractivity contribution in [2.24, 2.45) is 17.6 Å². The second-order valence-electron chi connectivity index (χ2n) is 11.4. The summed E-state index contributed by atoms with van der Waals surface area (Å²) in [5.41, 5.74) is 2.64. The third-order valence-electron chi connectivity index (χ3n) is 8.46. The number of carbonyl (C=O) groups excluding carboxylic acids is 4. The number of nitrogens with two attached hydrogens (primary N) is 1. The number of primary amides is 1. The largest absolute Gasteiger partial charge is 0.510 e. The number of amides is 3. The lowest BCUT2D eigenvalue weighted by atomic mass is 9.58. The number of urea groups is 1. The van der Waals surface area contributed by atoms with E-state index in [1.807, 2.05) is 0 Å². The number of aliphatic hydroxyl groups is 3. The van der Waals surface area contributed by atoms with Crippen molar-refractivity contribution in [2.45, 2.75) is 24.5 Å². The number of aromatic hydroxyl groups is 1. The van der Waals surface area contributed by atoms with E-state index in [0.717, 1.165) is 0 Å². The van der Waals surface area contributed by atoms with Gasteiger partial charge in [-0.3, -0.25) is 19.3 Å². The summed E-state index contributed by atoms with van der Waals surface area (Å²) in [6.45, 7) is 0. The first-order valence-electron chi connectivity index (χ1n) is 13.5. The smallest absolute Gasteiger partial charge is 0.323 e. The van der Waals surface area contributed by atoms with Crippen molar-refractivity contribution in [1.82, 2.24) is 4.90 Å². The standard InChI is InChI=1S/C30H33N5O8/c1-34(2)18-12-17(33-29(42)32-14-8-6-5-7-9-14)23(36)20-15(18)10-13-11-16-22(35(3)4)25(38)21(28(31)41)27(40)30(16,43)26(39)19(13)24(20)37/h5-9,12-13,16,22,36,38-39,43H,10-11H2,1-4H3,(H2,31,41)(H2,32,33,42)/t13-,16-,22?,30-/m1/s1. The van der Waals surface area contributed by atoms with Crippen molar-refractivity contribution in [2.75, 3.05) is 43.7 Å². The molecular formula is C30H33N5O8. The quantitative estimate of drug-likeness (QED) is 0.198. The molecule has 4 atom stereocenters. The van der Waals surface area contributed by atoms with Gasteiger partial charge in [0, 0.05) is 37.0 Å². The number of nitrogens with one attached hydrogen (secondary N) is 2. The van der Waals surface area contributed by atoms with Crippen LogP contribution in [-0.4, -0.2) is 88.7 Å². The first-order chi connectivity index (χ1) is 20.2. The predicted octanol–water partition coefficient (Wildman–Crippen LogP) is 1.83. The van der Waals surface area contributed by atoms with Crippen LogP contribution in [0.3, 0.4) is 0 Å². The summed E-state index contributed by atoms with van der Waals surface area (Å²) in [5, 5.41) is 50.7. The summed E-state index contributed by atoms with van der Waals surface area (Å²) < 4.78 is 0. The van der Waals surface area contributed by atoms with Crippen LogP contribution in [0.5, 0.6) is 5.75 Å². The van der Waals surface area contributed by atoms with Crippen LogP contribution >= 0.6 is 0 Å². The van der Waals surface area contributed by atoms with Crippen LogP contribution in [0.15, 0.2) is 59.1 Å². The number of phenols is 1. The summed E-state index contributed by atoms with van der Waals surface area (Å²) in [6, 6.07) is 8.35. The van der Waals surface area contributed by atoms with Gasteiger partial charge in [-0.05, 0) is 56.6 Å². The summed E-state index contributed by atoms with van der Waals surface area (Å²) in [6.07, 6.45) is 0.0883. The summed E-state index contributed by atoms with van der Waals surface area (Å²) in [4.78, 5) is 55.7. The van der Waals surface area contributed by atoms with Crippen LogP contribution < -0.4 is 21.3 Å². The average Bonchev–Trinajstić information content (AvgIpc) is 2.92. The van der Waals surface area contributed by atoms with Gasteiger partial charge >= 0.3 is 6.03 Å². The van der Waals surface area contributed by atoms with E-state index in [1.165, 1.54) is 11.0 Å². The highest BCUT2D eigenvalue weighted by molar-refractivity contribution is 6.25. The Kier molecular flexibility index (Phi) is 7.19. The third-order valence-corrected chi connectivity index (χ3v) is 8.46. The molecule has 5 rings (SSSR count). The molecule has 226 valence electrons. The fraction of sp³-hybridized carbons (Fsp3) is 0.333. The molecule has 0 spiro atoms. The van der Waals surface area contributed by atoms with E-state index in [2.05, 4.69) is 10.6 Å². The molecule has 0 aromatic heterocycles. The van der Waals surface area contributed by atoms with Gasteiger partial charge in [-0.25, -0.2) is 4.79 Å².